The zero-order valence-corrected chi connectivity index (χ0v) is 11.7. The van der Waals surface area contributed by atoms with Crippen molar-refractivity contribution >= 4 is 11.0 Å². The predicted molar refractivity (Wildman–Crippen MR) is 78.5 cm³/mol. The molecule has 0 unspecified atom stereocenters. The number of fused-ring (bicyclic) bond motifs is 1. The second-order valence-corrected chi connectivity index (χ2v) is 6.22. The van der Waals surface area contributed by atoms with Gasteiger partial charge in [0.2, 0.25) is 0 Å². The molecule has 4 rings (SSSR count). The van der Waals surface area contributed by atoms with Gasteiger partial charge in [-0.15, -0.1) is 0 Å². The van der Waals surface area contributed by atoms with Gasteiger partial charge in [-0.25, -0.2) is 4.98 Å². The van der Waals surface area contributed by atoms with Crippen LogP contribution in [-0.4, -0.2) is 9.55 Å². The molecule has 0 amide bonds. The minimum atomic E-state index is 0.627. The number of benzene rings is 1. The first kappa shape index (κ1) is 12.0. The number of nitriles is 1. The molecule has 1 aromatic heterocycles. The molecule has 0 atom stereocenters. The van der Waals surface area contributed by atoms with E-state index in [4.69, 9.17) is 10.2 Å². The lowest BCUT2D eigenvalue weighted by Gasteiger charge is -2.22. The first-order valence-electron chi connectivity index (χ1n) is 7.79. The molecule has 2 saturated carbocycles. The molecule has 20 heavy (non-hydrogen) atoms. The van der Waals surface area contributed by atoms with Gasteiger partial charge in [0.1, 0.15) is 5.82 Å². The van der Waals surface area contributed by atoms with E-state index in [-0.39, 0.29) is 0 Å². The molecule has 0 aliphatic heterocycles. The van der Waals surface area contributed by atoms with Crippen LogP contribution in [0.25, 0.3) is 11.0 Å². The maximum atomic E-state index is 9.06. The Bertz CT molecular complexity index is 682. The van der Waals surface area contributed by atoms with Crippen molar-refractivity contribution in [2.75, 3.05) is 0 Å². The number of rotatable bonds is 2. The van der Waals surface area contributed by atoms with Crippen molar-refractivity contribution in [2.45, 2.75) is 56.9 Å². The third kappa shape index (κ3) is 1.91. The van der Waals surface area contributed by atoms with E-state index in [0.29, 0.717) is 17.5 Å². The van der Waals surface area contributed by atoms with Gasteiger partial charge in [0.25, 0.3) is 0 Å². The first-order chi connectivity index (χ1) is 9.86. The summed E-state index contributed by atoms with van der Waals surface area (Å²) in [5.41, 5.74) is 2.96. The van der Waals surface area contributed by atoms with Crippen molar-refractivity contribution in [1.82, 2.24) is 9.55 Å². The third-order valence-electron chi connectivity index (χ3n) is 4.73. The quantitative estimate of drug-likeness (QED) is 0.812. The van der Waals surface area contributed by atoms with Crippen molar-refractivity contribution in [3.63, 3.8) is 0 Å². The van der Waals surface area contributed by atoms with Gasteiger partial charge in [0.15, 0.2) is 0 Å². The standard InChI is InChI=1S/C17H19N3/c18-11-12-6-9-16-15(10-12)19-17(20(16)14-7-8-14)13-4-2-1-3-5-13/h6,9-10,13-14H,1-5,7-8H2. The van der Waals surface area contributed by atoms with Gasteiger partial charge in [-0.05, 0) is 43.9 Å². The minimum absolute atomic E-state index is 0.627. The Labute approximate surface area is 119 Å². The Balaban J connectivity index is 1.85. The lowest BCUT2D eigenvalue weighted by atomic mass is 9.88. The van der Waals surface area contributed by atoms with Crippen LogP contribution in [0.4, 0.5) is 0 Å². The zero-order chi connectivity index (χ0) is 13.5. The summed E-state index contributed by atoms with van der Waals surface area (Å²) in [5.74, 6) is 1.92. The molecule has 0 radical (unpaired) electrons. The van der Waals surface area contributed by atoms with E-state index >= 15 is 0 Å². The molecule has 2 aliphatic carbocycles. The van der Waals surface area contributed by atoms with Gasteiger partial charge >= 0.3 is 0 Å². The second kappa shape index (κ2) is 4.63. The first-order valence-corrected chi connectivity index (χ1v) is 7.79. The zero-order valence-electron chi connectivity index (χ0n) is 11.7. The molecule has 0 spiro atoms. The third-order valence-corrected chi connectivity index (χ3v) is 4.73. The molecule has 3 heteroatoms. The minimum Gasteiger partial charge on any atom is -0.325 e. The normalized spacial score (nSPS) is 20.1. The Morgan fingerprint density at radius 1 is 1.10 bits per heavy atom. The van der Waals surface area contributed by atoms with Crippen LogP contribution in [-0.2, 0) is 0 Å². The highest BCUT2D eigenvalue weighted by Gasteiger charge is 2.31. The Kier molecular flexibility index (Phi) is 2.77. The van der Waals surface area contributed by atoms with Gasteiger partial charge in [-0.3, -0.25) is 0 Å². The molecule has 0 bridgehead atoms. The lowest BCUT2D eigenvalue weighted by molar-refractivity contribution is 0.417. The van der Waals surface area contributed by atoms with Crippen LogP contribution < -0.4 is 0 Å². The van der Waals surface area contributed by atoms with Crippen LogP contribution in [0.15, 0.2) is 18.2 Å². The van der Waals surface area contributed by atoms with Crippen LogP contribution in [0.2, 0.25) is 0 Å². The van der Waals surface area contributed by atoms with E-state index in [0.717, 1.165) is 5.52 Å². The fourth-order valence-corrected chi connectivity index (χ4v) is 3.55. The molecule has 1 aromatic carbocycles. The molecule has 102 valence electrons. The van der Waals surface area contributed by atoms with Crippen molar-refractivity contribution < 1.29 is 0 Å². The maximum Gasteiger partial charge on any atom is 0.113 e. The van der Waals surface area contributed by atoms with Gasteiger partial charge < -0.3 is 4.57 Å². The molecule has 3 nitrogen and oxygen atoms in total. The summed E-state index contributed by atoms with van der Waals surface area (Å²) in [6.45, 7) is 0. The molecule has 2 aliphatic rings. The summed E-state index contributed by atoms with van der Waals surface area (Å²) in [5, 5.41) is 9.06. The summed E-state index contributed by atoms with van der Waals surface area (Å²) >= 11 is 0. The predicted octanol–water partition coefficient (Wildman–Crippen LogP) is 4.29. The number of nitrogens with zero attached hydrogens (tertiary/aromatic N) is 3. The van der Waals surface area contributed by atoms with E-state index in [1.807, 2.05) is 12.1 Å². The van der Waals surface area contributed by atoms with E-state index < -0.39 is 0 Å². The van der Waals surface area contributed by atoms with Crippen LogP contribution >= 0.6 is 0 Å². The molecule has 2 fully saturated rings. The summed E-state index contributed by atoms with van der Waals surface area (Å²) in [7, 11) is 0. The number of imidazole rings is 1. The summed E-state index contributed by atoms with van der Waals surface area (Å²) < 4.78 is 2.48. The smallest absolute Gasteiger partial charge is 0.113 e. The highest BCUT2D eigenvalue weighted by atomic mass is 15.1. The fraction of sp³-hybridized carbons (Fsp3) is 0.529. The van der Waals surface area contributed by atoms with E-state index in [9.17, 15) is 0 Å². The summed E-state index contributed by atoms with van der Waals surface area (Å²) in [4.78, 5) is 4.92. The summed E-state index contributed by atoms with van der Waals surface area (Å²) in [6, 6.07) is 8.84. The van der Waals surface area contributed by atoms with Crippen LogP contribution in [0, 0.1) is 11.3 Å². The fourth-order valence-electron chi connectivity index (χ4n) is 3.55. The van der Waals surface area contributed by atoms with Gasteiger partial charge in [-0.2, -0.15) is 5.26 Å². The molecule has 0 N–H and O–H groups in total. The van der Waals surface area contributed by atoms with E-state index in [1.54, 1.807) is 0 Å². The highest BCUT2D eigenvalue weighted by molar-refractivity contribution is 5.78. The Hall–Kier alpha value is -1.82. The maximum absolute atomic E-state index is 9.06. The summed E-state index contributed by atoms with van der Waals surface area (Å²) in [6.07, 6.45) is 9.17. The lowest BCUT2D eigenvalue weighted by Crippen LogP contribution is -2.11. The van der Waals surface area contributed by atoms with Crippen LogP contribution in [0.5, 0.6) is 0 Å². The van der Waals surface area contributed by atoms with Crippen molar-refractivity contribution in [3.8, 4) is 6.07 Å². The molecule has 0 saturated heterocycles. The SMILES string of the molecule is N#Cc1ccc2c(c1)nc(C1CCCCC1)n2C1CC1. The van der Waals surface area contributed by atoms with Crippen molar-refractivity contribution in [1.29, 1.82) is 5.26 Å². The van der Waals surface area contributed by atoms with Gasteiger partial charge in [-0.1, -0.05) is 19.3 Å². The second-order valence-electron chi connectivity index (χ2n) is 6.22. The monoisotopic (exact) mass is 265 g/mol. The molecule has 2 aromatic rings. The highest BCUT2D eigenvalue weighted by Crippen LogP contribution is 2.42. The van der Waals surface area contributed by atoms with Crippen LogP contribution in [0.3, 0.4) is 0 Å². The van der Waals surface area contributed by atoms with E-state index in [2.05, 4.69) is 16.7 Å². The molecule has 1 heterocycles. The molecular formula is C17H19N3. The van der Waals surface area contributed by atoms with Gasteiger partial charge in [0.05, 0.1) is 22.7 Å². The number of hydrogen-bond donors (Lipinski definition) is 0. The van der Waals surface area contributed by atoms with Gasteiger partial charge in [0, 0.05) is 12.0 Å². The Morgan fingerprint density at radius 3 is 2.60 bits per heavy atom. The molecular weight excluding hydrogens is 246 g/mol. The Morgan fingerprint density at radius 2 is 1.90 bits per heavy atom. The average Bonchev–Trinajstić information content (AvgIpc) is 3.27. The van der Waals surface area contributed by atoms with Crippen molar-refractivity contribution in [3.05, 3.63) is 29.6 Å². The van der Waals surface area contributed by atoms with Crippen LogP contribution in [0.1, 0.15) is 68.3 Å². The van der Waals surface area contributed by atoms with E-state index in [1.165, 1.54) is 56.3 Å². The average molecular weight is 265 g/mol. The number of hydrogen-bond acceptors (Lipinski definition) is 2. The largest absolute Gasteiger partial charge is 0.325 e. The topological polar surface area (TPSA) is 41.6 Å². The van der Waals surface area contributed by atoms with Crippen molar-refractivity contribution in [2.24, 2.45) is 0 Å². The number of aromatic nitrogens is 2.